The second kappa shape index (κ2) is 36.6. The molecule has 0 rings (SSSR count). The van der Waals surface area contributed by atoms with Gasteiger partial charge in [0.1, 0.15) is 0 Å². The standard InChI is InChI=1S/Ag.2In.O.2Sn. The van der Waals surface area contributed by atoms with E-state index in [0.717, 1.165) is 0 Å². The minimum Gasteiger partial charge on any atom is 0 e. The van der Waals surface area contributed by atoms with Crippen molar-refractivity contribution in [2.24, 2.45) is 0 Å². The van der Waals surface area contributed by atoms with E-state index in [1.54, 1.807) is 0 Å². The first-order valence-corrected chi connectivity index (χ1v) is 1.37. The Morgan fingerprint density at radius 3 is 1.00 bits per heavy atom. The summed E-state index contributed by atoms with van der Waals surface area (Å²) < 4.78 is 8.34. The van der Waals surface area contributed by atoms with Crippen molar-refractivity contribution >= 4 is 98.1 Å². The topological polar surface area (TPSA) is 17.1 Å². The molecule has 0 spiro atoms. The van der Waals surface area contributed by atoms with Crippen LogP contribution in [-0.4, -0.2) is 98.1 Å². The fourth-order valence-corrected chi connectivity index (χ4v) is 0. The van der Waals surface area contributed by atoms with Crippen LogP contribution >= 0.6 is 0 Å². The van der Waals surface area contributed by atoms with E-state index >= 15 is 0 Å². The maximum Gasteiger partial charge on any atom is 0 e. The molecule has 0 bridgehead atoms. The Balaban J connectivity index is -0.000000000833. The van der Waals surface area contributed by atoms with E-state index in [4.69, 9.17) is 3.08 Å². The zero-order valence-corrected chi connectivity index (χ0v) is 16.6. The molecule has 0 aliphatic rings. The van der Waals surface area contributed by atoms with Crippen molar-refractivity contribution in [1.29, 1.82) is 0 Å². The predicted molar refractivity (Wildman–Crippen MR) is 23.7 cm³/mol. The summed E-state index contributed by atoms with van der Waals surface area (Å²) >= 11 is 0.300. The maximum absolute atomic E-state index is 8.34. The van der Waals surface area contributed by atoms with E-state index < -0.39 is 0 Å². The van der Waals surface area contributed by atoms with Gasteiger partial charge in [0.15, 0.2) is 0 Å². The fourth-order valence-electron chi connectivity index (χ4n) is 0. The Bertz CT molecular complexity index is 11.5. The molecule has 0 aliphatic carbocycles. The van der Waals surface area contributed by atoms with Gasteiger partial charge in [-0.15, -0.1) is 0 Å². The van der Waals surface area contributed by atoms with Crippen LogP contribution in [0.15, 0.2) is 0 Å². The minimum atomic E-state index is 0. The SMILES string of the molecule is [Ag].[In].[In].[O]=[Sn].[Sn]. The van der Waals surface area contributed by atoms with Gasteiger partial charge in [0.25, 0.3) is 0 Å². The average molecular weight is 591 g/mol. The average Bonchev–Trinajstić information content (AvgIpc) is 1.00. The van der Waals surface area contributed by atoms with Gasteiger partial charge >= 0.3 is 25.6 Å². The summed E-state index contributed by atoms with van der Waals surface area (Å²) in [6.07, 6.45) is 0. The first-order chi connectivity index (χ1) is 1.00. The molecule has 0 aliphatic heterocycles. The monoisotopic (exact) mass is 593 g/mol. The van der Waals surface area contributed by atoms with Crippen molar-refractivity contribution in [2.45, 2.75) is 0 Å². The number of hydrogen-bond donors (Lipinski definition) is 0. The van der Waals surface area contributed by atoms with Crippen LogP contribution in [0.1, 0.15) is 0 Å². The van der Waals surface area contributed by atoms with Crippen LogP contribution < -0.4 is 0 Å². The predicted octanol–water partition coefficient (Wildman–Crippen LogP) is -1.64. The summed E-state index contributed by atoms with van der Waals surface area (Å²) in [7, 11) is 0. The summed E-state index contributed by atoms with van der Waals surface area (Å²) in [4.78, 5) is 0. The Kier molecular flexibility index (Phi) is 200. The molecule has 0 amide bonds. The number of hydrogen-bond acceptors (Lipinski definition) is 1. The van der Waals surface area contributed by atoms with Crippen LogP contribution in [0.2, 0.25) is 0 Å². The Hall–Kier alpha value is 3.88. The van der Waals surface area contributed by atoms with E-state index in [0.29, 0.717) is 22.5 Å². The zero-order chi connectivity index (χ0) is 2.00. The van der Waals surface area contributed by atoms with Crippen LogP contribution in [0.25, 0.3) is 0 Å². The van der Waals surface area contributed by atoms with Gasteiger partial charge < -0.3 is 0 Å². The molecular formula is AgIn2OSn2. The summed E-state index contributed by atoms with van der Waals surface area (Å²) in [6, 6.07) is 0. The third-order valence-corrected chi connectivity index (χ3v) is 0. The van der Waals surface area contributed by atoms with Crippen LogP contribution in [0.5, 0.6) is 0 Å². The molecule has 0 atom stereocenters. The molecule has 1 nitrogen and oxygen atoms in total. The molecule has 0 aromatic rings. The fraction of sp³-hybridized carbons (Fsp3) is 0. The van der Waals surface area contributed by atoms with Crippen molar-refractivity contribution in [1.82, 2.24) is 0 Å². The van der Waals surface area contributed by atoms with Gasteiger partial charge in [0.2, 0.25) is 0 Å². The van der Waals surface area contributed by atoms with Gasteiger partial charge in [0.05, 0.1) is 0 Å². The second-order valence-electron chi connectivity index (χ2n) is 0. The Labute approximate surface area is 121 Å². The van der Waals surface area contributed by atoms with Gasteiger partial charge in [-0.3, -0.25) is 0 Å². The van der Waals surface area contributed by atoms with Gasteiger partial charge in [0, 0.05) is 98.0 Å². The van der Waals surface area contributed by atoms with E-state index in [1.165, 1.54) is 0 Å². The Morgan fingerprint density at radius 1 is 1.00 bits per heavy atom. The zero-order valence-electron chi connectivity index (χ0n) is 2.86. The van der Waals surface area contributed by atoms with Crippen LogP contribution in [0.3, 0.4) is 0 Å². The van der Waals surface area contributed by atoms with E-state index in [2.05, 4.69) is 0 Å². The summed E-state index contributed by atoms with van der Waals surface area (Å²) in [6.45, 7) is 0. The maximum atomic E-state index is 8.34. The summed E-state index contributed by atoms with van der Waals surface area (Å²) in [5.74, 6) is 0. The molecule has 0 saturated carbocycles. The van der Waals surface area contributed by atoms with Crippen molar-refractivity contribution in [3.63, 3.8) is 0 Å². The first-order valence-electron chi connectivity index (χ1n) is 0.204. The first kappa shape index (κ1) is 32.7. The third-order valence-electron chi connectivity index (χ3n) is 0. The molecule has 0 aromatic carbocycles. The minimum absolute atomic E-state index is 0. The van der Waals surface area contributed by atoms with Gasteiger partial charge in [-0.2, -0.15) is 0 Å². The second-order valence-corrected chi connectivity index (χ2v) is 0. The van der Waals surface area contributed by atoms with Gasteiger partial charge in [-0.1, -0.05) is 0 Å². The molecule has 0 heterocycles. The molecular weight excluding hydrogens is 591 g/mol. The van der Waals surface area contributed by atoms with Crippen LogP contribution in [0.4, 0.5) is 0 Å². The van der Waals surface area contributed by atoms with Crippen molar-refractivity contribution in [2.75, 3.05) is 0 Å². The van der Waals surface area contributed by atoms with E-state index in [9.17, 15) is 0 Å². The van der Waals surface area contributed by atoms with Crippen LogP contribution in [0, 0.1) is 0 Å². The van der Waals surface area contributed by atoms with Crippen molar-refractivity contribution in [3.8, 4) is 0 Å². The van der Waals surface area contributed by atoms with Gasteiger partial charge in [-0.25, -0.2) is 0 Å². The van der Waals surface area contributed by atoms with Crippen molar-refractivity contribution in [3.05, 3.63) is 0 Å². The molecule has 31 valence electrons. The molecule has 6 heteroatoms. The molecule has 0 fully saturated rings. The molecule has 0 N–H and O–H groups in total. The molecule has 6 heavy (non-hydrogen) atoms. The van der Waals surface area contributed by atoms with E-state index in [-0.39, 0.29) is 98.0 Å². The van der Waals surface area contributed by atoms with Crippen LogP contribution in [-0.2, 0) is 25.5 Å². The van der Waals surface area contributed by atoms with Gasteiger partial charge in [-0.05, 0) is 0 Å². The Morgan fingerprint density at radius 2 is 1.00 bits per heavy atom. The molecule has 0 unspecified atom stereocenters. The normalized spacial score (nSPS) is 0.667. The number of rotatable bonds is 0. The molecule has 0 saturated heterocycles. The molecule has 0 aromatic heterocycles. The quantitative estimate of drug-likeness (QED) is 0.310. The third kappa shape index (κ3) is 24.8. The van der Waals surface area contributed by atoms with Crippen molar-refractivity contribution < 1.29 is 25.5 Å². The smallest absolute Gasteiger partial charge is 0 e. The summed E-state index contributed by atoms with van der Waals surface area (Å²) in [5, 5.41) is 0. The summed E-state index contributed by atoms with van der Waals surface area (Å²) in [5.41, 5.74) is 0. The largest absolute Gasteiger partial charge is 0 e. The van der Waals surface area contributed by atoms with E-state index in [1.807, 2.05) is 0 Å². The molecule has 13 radical (unpaired) electrons.